The topological polar surface area (TPSA) is 27.0 Å². The summed E-state index contributed by atoms with van der Waals surface area (Å²) in [6, 6.07) is 10.5. The summed E-state index contributed by atoms with van der Waals surface area (Å²) in [6.07, 6.45) is 1.09. The van der Waals surface area contributed by atoms with Crippen molar-refractivity contribution >= 4 is 5.69 Å². The Kier molecular flexibility index (Phi) is 4.17. The number of rotatable bonds is 4. The van der Waals surface area contributed by atoms with Crippen LogP contribution in [0.3, 0.4) is 0 Å². The van der Waals surface area contributed by atoms with Crippen molar-refractivity contribution in [3.05, 3.63) is 29.8 Å². The SMILES string of the molecule is CCC(C)N(CC)c1ccccc1C#N. The Morgan fingerprint density at radius 1 is 1.33 bits per heavy atom. The van der Waals surface area contributed by atoms with E-state index in [2.05, 4.69) is 31.7 Å². The minimum absolute atomic E-state index is 0.476. The Morgan fingerprint density at radius 2 is 2.00 bits per heavy atom. The lowest BCUT2D eigenvalue weighted by Crippen LogP contribution is -2.32. The number of hydrogen-bond donors (Lipinski definition) is 0. The summed E-state index contributed by atoms with van der Waals surface area (Å²) in [7, 11) is 0. The van der Waals surface area contributed by atoms with Gasteiger partial charge < -0.3 is 4.90 Å². The molecule has 2 nitrogen and oxygen atoms in total. The van der Waals surface area contributed by atoms with Gasteiger partial charge in [-0.05, 0) is 32.4 Å². The van der Waals surface area contributed by atoms with Gasteiger partial charge in [0, 0.05) is 12.6 Å². The fourth-order valence-corrected chi connectivity index (χ4v) is 1.76. The van der Waals surface area contributed by atoms with Crippen molar-refractivity contribution < 1.29 is 0 Å². The molecule has 0 amide bonds. The van der Waals surface area contributed by atoms with Crippen molar-refractivity contribution in [1.29, 1.82) is 5.26 Å². The molecule has 15 heavy (non-hydrogen) atoms. The maximum Gasteiger partial charge on any atom is 0.101 e. The van der Waals surface area contributed by atoms with E-state index in [1.54, 1.807) is 0 Å². The molecule has 0 aromatic heterocycles. The van der Waals surface area contributed by atoms with Gasteiger partial charge in [-0.25, -0.2) is 0 Å². The first-order valence-electron chi connectivity index (χ1n) is 5.50. The molecule has 1 unspecified atom stereocenters. The molecule has 0 radical (unpaired) electrons. The van der Waals surface area contributed by atoms with Crippen LogP contribution in [0.2, 0.25) is 0 Å². The molecule has 0 bridgehead atoms. The van der Waals surface area contributed by atoms with Gasteiger partial charge >= 0.3 is 0 Å². The van der Waals surface area contributed by atoms with Gasteiger partial charge in [0.2, 0.25) is 0 Å². The number of nitrogens with zero attached hydrogens (tertiary/aromatic N) is 2. The van der Waals surface area contributed by atoms with Gasteiger partial charge in [0.1, 0.15) is 6.07 Å². The Bertz CT molecular complexity index is 352. The first kappa shape index (κ1) is 11.6. The maximum absolute atomic E-state index is 9.04. The molecule has 0 fully saturated rings. The third kappa shape index (κ3) is 2.50. The van der Waals surface area contributed by atoms with E-state index in [9.17, 15) is 0 Å². The highest BCUT2D eigenvalue weighted by Crippen LogP contribution is 2.22. The zero-order valence-electron chi connectivity index (χ0n) is 9.70. The van der Waals surface area contributed by atoms with E-state index in [1.165, 1.54) is 0 Å². The molecular weight excluding hydrogens is 184 g/mol. The van der Waals surface area contributed by atoms with E-state index in [4.69, 9.17) is 5.26 Å². The molecule has 0 aliphatic carbocycles. The Labute approximate surface area is 92.1 Å². The zero-order chi connectivity index (χ0) is 11.3. The van der Waals surface area contributed by atoms with E-state index in [1.807, 2.05) is 24.3 Å². The normalized spacial score (nSPS) is 11.9. The standard InChI is InChI=1S/C13H18N2/c1-4-11(3)15(5-2)13-9-7-6-8-12(13)10-14/h6-9,11H,4-5H2,1-3H3. The predicted octanol–water partition coefficient (Wildman–Crippen LogP) is 3.18. The molecule has 1 aromatic rings. The monoisotopic (exact) mass is 202 g/mol. The number of benzene rings is 1. The van der Waals surface area contributed by atoms with Crippen molar-refractivity contribution in [2.45, 2.75) is 33.2 Å². The largest absolute Gasteiger partial charge is 0.368 e. The molecule has 80 valence electrons. The van der Waals surface area contributed by atoms with Crippen molar-refractivity contribution in [3.63, 3.8) is 0 Å². The molecular formula is C13H18N2. The van der Waals surface area contributed by atoms with Crippen LogP contribution in [0.4, 0.5) is 5.69 Å². The van der Waals surface area contributed by atoms with Gasteiger partial charge in [-0.1, -0.05) is 19.1 Å². The lowest BCUT2D eigenvalue weighted by atomic mass is 10.1. The lowest BCUT2D eigenvalue weighted by Gasteiger charge is -2.30. The van der Waals surface area contributed by atoms with E-state index in [-0.39, 0.29) is 0 Å². The smallest absolute Gasteiger partial charge is 0.101 e. The summed E-state index contributed by atoms with van der Waals surface area (Å²) in [5.41, 5.74) is 1.82. The van der Waals surface area contributed by atoms with Crippen LogP contribution >= 0.6 is 0 Å². The molecule has 0 saturated carbocycles. The number of hydrogen-bond acceptors (Lipinski definition) is 2. The van der Waals surface area contributed by atoms with Crippen LogP contribution in [0.25, 0.3) is 0 Å². The molecule has 1 atom stereocenters. The van der Waals surface area contributed by atoms with Crippen molar-refractivity contribution in [1.82, 2.24) is 0 Å². The highest BCUT2D eigenvalue weighted by atomic mass is 15.1. The quantitative estimate of drug-likeness (QED) is 0.749. The fraction of sp³-hybridized carbons (Fsp3) is 0.462. The third-order valence-electron chi connectivity index (χ3n) is 2.80. The summed E-state index contributed by atoms with van der Waals surface area (Å²) in [5, 5.41) is 9.04. The number of para-hydroxylation sites is 1. The van der Waals surface area contributed by atoms with Gasteiger partial charge in [0.15, 0.2) is 0 Å². The summed E-state index contributed by atoms with van der Waals surface area (Å²) in [6.45, 7) is 7.42. The van der Waals surface area contributed by atoms with Gasteiger partial charge in [-0.2, -0.15) is 5.26 Å². The van der Waals surface area contributed by atoms with Crippen LogP contribution in [0.5, 0.6) is 0 Å². The minimum Gasteiger partial charge on any atom is -0.368 e. The highest BCUT2D eigenvalue weighted by molar-refractivity contribution is 5.59. The van der Waals surface area contributed by atoms with E-state index in [0.29, 0.717) is 6.04 Å². The molecule has 0 aliphatic heterocycles. The second-order valence-corrected chi connectivity index (χ2v) is 3.67. The summed E-state index contributed by atoms with van der Waals surface area (Å²) < 4.78 is 0. The predicted molar refractivity (Wildman–Crippen MR) is 63.9 cm³/mol. The second-order valence-electron chi connectivity index (χ2n) is 3.67. The Hall–Kier alpha value is -1.49. The fourth-order valence-electron chi connectivity index (χ4n) is 1.76. The summed E-state index contributed by atoms with van der Waals surface area (Å²) in [5.74, 6) is 0. The molecule has 0 N–H and O–H groups in total. The minimum atomic E-state index is 0.476. The average molecular weight is 202 g/mol. The summed E-state index contributed by atoms with van der Waals surface area (Å²) >= 11 is 0. The van der Waals surface area contributed by atoms with Gasteiger partial charge in [-0.15, -0.1) is 0 Å². The highest BCUT2D eigenvalue weighted by Gasteiger charge is 2.13. The van der Waals surface area contributed by atoms with Crippen LogP contribution in [0.1, 0.15) is 32.8 Å². The maximum atomic E-state index is 9.04. The first-order valence-corrected chi connectivity index (χ1v) is 5.50. The van der Waals surface area contributed by atoms with E-state index < -0.39 is 0 Å². The number of nitriles is 1. The van der Waals surface area contributed by atoms with E-state index in [0.717, 1.165) is 24.2 Å². The van der Waals surface area contributed by atoms with Gasteiger partial charge in [0.05, 0.1) is 11.3 Å². The summed E-state index contributed by atoms with van der Waals surface area (Å²) in [4.78, 5) is 2.28. The van der Waals surface area contributed by atoms with Crippen LogP contribution in [0.15, 0.2) is 24.3 Å². The van der Waals surface area contributed by atoms with Gasteiger partial charge in [0.25, 0.3) is 0 Å². The van der Waals surface area contributed by atoms with Crippen molar-refractivity contribution in [2.24, 2.45) is 0 Å². The van der Waals surface area contributed by atoms with Crippen LogP contribution in [-0.2, 0) is 0 Å². The second kappa shape index (κ2) is 5.41. The van der Waals surface area contributed by atoms with Crippen LogP contribution < -0.4 is 4.90 Å². The number of anilines is 1. The Morgan fingerprint density at radius 3 is 2.53 bits per heavy atom. The third-order valence-corrected chi connectivity index (χ3v) is 2.80. The van der Waals surface area contributed by atoms with Crippen LogP contribution in [0, 0.1) is 11.3 Å². The zero-order valence-corrected chi connectivity index (χ0v) is 9.70. The lowest BCUT2D eigenvalue weighted by molar-refractivity contribution is 0.629. The van der Waals surface area contributed by atoms with Gasteiger partial charge in [-0.3, -0.25) is 0 Å². The molecule has 1 rings (SSSR count). The van der Waals surface area contributed by atoms with Crippen molar-refractivity contribution in [3.8, 4) is 6.07 Å². The molecule has 1 aromatic carbocycles. The van der Waals surface area contributed by atoms with Crippen molar-refractivity contribution in [2.75, 3.05) is 11.4 Å². The Balaban J connectivity index is 3.07. The average Bonchev–Trinajstić information content (AvgIpc) is 2.30. The molecule has 2 heteroatoms. The van der Waals surface area contributed by atoms with E-state index >= 15 is 0 Å². The molecule has 0 spiro atoms. The van der Waals surface area contributed by atoms with Crippen LogP contribution in [-0.4, -0.2) is 12.6 Å². The first-order chi connectivity index (χ1) is 7.24. The molecule has 0 aliphatic rings. The molecule has 0 saturated heterocycles. The molecule has 0 heterocycles.